The van der Waals surface area contributed by atoms with E-state index in [1.54, 1.807) is 18.3 Å². The number of benzene rings is 1. The fourth-order valence-corrected chi connectivity index (χ4v) is 3.10. The van der Waals surface area contributed by atoms with Crippen molar-refractivity contribution in [3.05, 3.63) is 61.0 Å². The molecule has 0 saturated heterocycles. The van der Waals surface area contributed by atoms with E-state index in [-0.39, 0.29) is 5.82 Å². The summed E-state index contributed by atoms with van der Waals surface area (Å²) in [5.41, 5.74) is 1.52. The largest absolute Gasteiger partial charge is 0.307 e. The quantitative estimate of drug-likeness (QED) is 0.721. The topological polar surface area (TPSA) is 24.9 Å². The number of hydrogen-bond acceptors (Lipinski definition) is 2. The predicted octanol–water partition coefficient (Wildman–Crippen LogP) is 4.80. The third kappa shape index (κ3) is 4.34. The van der Waals surface area contributed by atoms with Crippen molar-refractivity contribution in [1.82, 2.24) is 10.3 Å². The molecule has 6 heteroatoms. The van der Waals surface area contributed by atoms with E-state index in [0.29, 0.717) is 18.7 Å². The van der Waals surface area contributed by atoms with Gasteiger partial charge in [-0.1, -0.05) is 15.9 Å². The van der Waals surface area contributed by atoms with Crippen LogP contribution in [0.3, 0.4) is 0 Å². The van der Waals surface area contributed by atoms with Crippen molar-refractivity contribution in [2.45, 2.75) is 13.1 Å². The van der Waals surface area contributed by atoms with Crippen LogP contribution in [0.25, 0.3) is 0 Å². The van der Waals surface area contributed by atoms with Crippen LogP contribution in [-0.4, -0.2) is 4.98 Å². The van der Waals surface area contributed by atoms with Crippen LogP contribution in [0.1, 0.15) is 11.3 Å². The number of nitrogens with one attached hydrogen (secondary N) is 1. The number of rotatable bonds is 4. The van der Waals surface area contributed by atoms with E-state index in [0.717, 1.165) is 19.1 Å². The minimum Gasteiger partial charge on any atom is -0.307 e. The highest BCUT2D eigenvalue weighted by Gasteiger charge is 2.05. The Kier molecular flexibility index (Phi) is 5.50. The molecule has 100 valence electrons. The van der Waals surface area contributed by atoms with E-state index in [2.05, 4.69) is 58.1 Å². The SMILES string of the molecule is Fc1ccc(Br)cc1CNCc1ncc(Br)cc1Br. The van der Waals surface area contributed by atoms with Gasteiger partial charge in [-0.25, -0.2) is 4.39 Å². The molecule has 0 radical (unpaired) electrons. The molecule has 19 heavy (non-hydrogen) atoms. The lowest BCUT2D eigenvalue weighted by atomic mass is 10.2. The van der Waals surface area contributed by atoms with E-state index in [1.165, 1.54) is 6.07 Å². The fourth-order valence-electron chi connectivity index (χ4n) is 1.57. The van der Waals surface area contributed by atoms with Gasteiger partial charge in [-0.2, -0.15) is 0 Å². The summed E-state index contributed by atoms with van der Waals surface area (Å²) in [6.45, 7) is 1.02. The van der Waals surface area contributed by atoms with Gasteiger partial charge in [-0.3, -0.25) is 4.98 Å². The molecule has 2 rings (SSSR count). The first-order valence-electron chi connectivity index (χ1n) is 5.51. The molecule has 1 N–H and O–H groups in total. The Hall–Kier alpha value is -0.300. The second kappa shape index (κ2) is 6.92. The van der Waals surface area contributed by atoms with Crippen molar-refractivity contribution in [1.29, 1.82) is 0 Å². The van der Waals surface area contributed by atoms with Crippen LogP contribution in [0, 0.1) is 5.82 Å². The molecule has 1 aromatic heterocycles. The third-order valence-corrected chi connectivity index (χ3v) is 4.11. The van der Waals surface area contributed by atoms with Gasteiger partial charge in [-0.15, -0.1) is 0 Å². The van der Waals surface area contributed by atoms with Gasteiger partial charge >= 0.3 is 0 Å². The highest BCUT2D eigenvalue weighted by Crippen LogP contribution is 2.20. The van der Waals surface area contributed by atoms with Crippen molar-refractivity contribution in [3.63, 3.8) is 0 Å². The van der Waals surface area contributed by atoms with Crippen molar-refractivity contribution >= 4 is 47.8 Å². The molecule has 0 aliphatic heterocycles. The molecule has 0 unspecified atom stereocenters. The van der Waals surface area contributed by atoms with Crippen LogP contribution in [0.2, 0.25) is 0 Å². The maximum atomic E-state index is 13.5. The second-order valence-electron chi connectivity index (χ2n) is 3.92. The molecule has 0 aliphatic carbocycles. The zero-order valence-electron chi connectivity index (χ0n) is 9.76. The van der Waals surface area contributed by atoms with Crippen LogP contribution in [0.4, 0.5) is 4.39 Å². The Morgan fingerprint density at radius 3 is 2.58 bits per heavy atom. The highest BCUT2D eigenvalue weighted by molar-refractivity contribution is 9.11. The zero-order chi connectivity index (χ0) is 13.8. The summed E-state index contributed by atoms with van der Waals surface area (Å²) in [6, 6.07) is 6.84. The number of hydrogen-bond donors (Lipinski definition) is 1. The average molecular weight is 453 g/mol. The minimum absolute atomic E-state index is 0.210. The monoisotopic (exact) mass is 450 g/mol. The predicted molar refractivity (Wildman–Crippen MR) is 84.3 cm³/mol. The van der Waals surface area contributed by atoms with Crippen LogP contribution < -0.4 is 5.32 Å². The Balaban J connectivity index is 1.98. The number of halogens is 4. The number of nitrogens with zero attached hydrogens (tertiary/aromatic N) is 1. The van der Waals surface area contributed by atoms with Crippen molar-refractivity contribution < 1.29 is 4.39 Å². The van der Waals surface area contributed by atoms with Gasteiger partial charge in [0, 0.05) is 38.3 Å². The lowest BCUT2D eigenvalue weighted by molar-refractivity contribution is 0.585. The van der Waals surface area contributed by atoms with Crippen LogP contribution in [-0.2, 0) is 13.1 Å². The van der Waals surface area contributed by atoms with Gasteiger partial charge < -0.3 is 5.32 Å². The first kappa shape index (κ1) is 15.1. The third-order valence-electron chi connectivity index (χ3n) is 2.50. The summed E-state index contributed by atoms with van der Waals surface area (Å²) >= 11 is 10.1. The van der Waals surface area contributed by atoms with E-state index >= 15 is 0 Å². The molecule has 0 atom stereocenters. The second-order valence-corrected chi connectivity index (χ2v) is 6.61. The fraction of sp³-hybridized carbons (Fsp3) is 0.154. The summed E-state index contributed by atoms with van der Waals surface area (Å²) in [7, 11) is 0. The van der Waals surface area contributed by atoms with Gasteiger partial charge in [0.15, 0.2) is 0 Å². The maximum Gasteiger partial charge on any atom is 0.127 e. The van der Waals surface area contributed by atoms with E-state index in [1.807, 2.05) is 6.07 Å². The van der Waals surface area contributed by atoms with E-state index in [4.69, 9.17) is 0 Å². The molecule has 2 nitrogen and oxygen atoms in total. The normalized spacial score (nSPS) is 10.7. The van der Waals surface area contributed by atoms with Gasteiger partial charge in [0.2, 0.25) is 0 Å². The smallest absolute Gasteiger partial charge is 0.127 e. The molecule has 0 amide bonds. The first-order valence-corrected chi connectivity index (χ1v) is 7.89. The summed E-state index contributed by atoms with van der Waals surface area (Å²) in [4.78, 5) is 4.29. The molecule has 2 aromatic rings. The van der Waals surface area contributed by atoms with Gasteiger partial charge in [0.1, 0.15) is 5.82 Å². The minimum atomic E-state index is -0.210. The van der Waals surface area contributed by atoms with Crippen molar-refractivity contribution in [3.8, 4) is 0 Å². The van der Waals surface area contributed by atoms with Gasteiger partial charge in [0.25, 0.3) is 0 Å². The Morgan fingerprint density at radius 1 is 1.05 bits per heavy atom. The summed E-state index contributed by atoms with van der Waals surface area (Å²) < 4.78 is 16.2. The molecule has 1 heterocycles. The lowest BCUT2D eigenvalue weighted by Gasteiger charge is -2.08. The van der Waals surface area contributed by atoms with Crippen LogP contribution in [0.15, 0.2) is 43.9 Å². The molecule has 0 aliphatic rings. The Labute approximate surface area is 136 Å². The zero-order valence-corrected chi connectivity index (χ0v) is 14.5. The van der Waals surface area contributed by atoms with E-state index < -0.39 is 0 Å². The van der Waals surface area contributed by atoms with Crippen LogP contribution in [0.5, 0.6) is 0 Å². The Morgan fingerprint density at radius 2 is 1.84 bits per heavy atom. The summed E-state index contributed by atoms with van der Waals surface area (Å²) in [6.07, 6.45) is 1.74. The Bertz CT molecular complexity index is 590. The van der Waals surface area contributed by atoms with Crippen molar-refractivity contribution in [2.24, 2.45) is 0 Å². The first-order chi connectivity index (χ1) is 9.06. The van der Waals surface area contributed by atoms with Crippen molar-refractivity contribution in [2.75, 3.05) is 0 Å². The molecule has 0 spiro atoms. The molecule has 0 fully saturated rings. The molecule has 0 saturated carbocycles. The maximum absolute atomic E-state index is 13.5. The van der Waals surface area contributed by atoms with Gasteiger partial charge in [-0.05, 0) is 56.1 Å². The number of pyridine rings is 1. The standard InChI is InChI=1S/C13H10Br3FN2/c14-9-1-2-12(17)8(3-9)5-18-7-13-11(16)4-10(15)6-19-13/h1-4,6,18H,5,7H2. The molecular weight excluding hydrogens is 443 g/mol. The van der Waals surface area contributed by atoms with Crippen LogP contribution >= 0.6 is 47.8 Å². The summed E-state index contributed by atoms with van der Waals surface area (Å²) in [5.74, 6) is -0.210. The molecule has 1 aromatic carbocycles. The number of aromatic nitrogens is 1. The lowest BCUT2D eigenvalue weighted by Crippen LogP contribution is -2.15. The highest BCUT2D eigenvalue weighted by atomic mass is 79.9. The molecule has 0 bridgehead atoms. The van der Waals surface area contributed by atoms with Gasteiger partial charge in [0.05, 0.1) is 5.69 Å². The molecular formula is C13H10Br3FN2. The average Bonchev–Trinajstić information content (AvgIpc) is 2.36. The summed E-state index contributed by atoms with van der Waals surface area (Å²) in [5, 5.41) is 3.18. The van der Waals surface area contributed by atoms with E-state index in [9.17, 15) is 4.39 Å².